The molecule has 9 heteroatoms. The first-order valence-corrected chi connectivity index (χ1v) is 8.60. The zero-order valence-corrected chi connectivity index (χ0v) is 14.5. The summed E-state index contributed by atoms with van der Waals surface area (Å²) >= 11 is 1.10. The third-order valence-corrected chi connectivity index (χ3v) is 4.34. The number of tetrazole rings is 1. The second-order valence-corrected chi connectivity index (χ2v) is 6.24. The third kappa shape index (κ3) is 4.12. The van der Waals surface area contributed by atoms with Gasteiger partial charge in [-0.05, 0) is 41.6 Å². The van der Waals surface area contributed by atoms with Gasteiger partial charge in [-0.2, -0.15) is 4.68 Å². The van der Waals surface area contributed by atoms with Crippen LogP contribution in [-0.4, -0.2) is 37.7 Å². The van der Waals surface area contributed by atoms with E-state index < -0.39 is 5.82 Å². The van der Waals surface area contributed by atoms with Crippen molar-refractivity contribution in [2.24, 2.45) is 0 Å². The maximum Gasteiger partial charge on any atom is 0.234 e. The van der Waals surface area contributed by atoms with E-state index in [2.05, 4.69) is 20.8 Å². The molecule has 0 radical (unpaired) electrons. The van der Waals surface area contributed by atoms with Crippen LogP contribution in [-0.2, 0) is 4.79 Å². The van der Waals surface area contributed by atoms with E-state index in [9.17, 15) is 14.0 Å². The van der Waals surface area contributed by atoms with E-state index in [1.54, 1.807) is 36.4 Å². The number of hydrogen-bond acceptors (Lipinski definition) is 6. The lowest BCUT2D eigenvalue weighted by Gasteiger charge is -2.07. The molecule has 2 aromatic carbocycles. The van der Waals surface area contributed by atoms with Crippen molar-refractivity contribution in [1.29, 1.82) is 0 Å². The number of Topliss-reactive ketones (excluding diaryl/α,β-unsaturated/α-hetero) is 1. The summed E-state index contributed by atoms with van der Waals surface area (Å²) in [5.41, 5.74) is 1.26. The molecule has 0 atom stereocenters. The quantitative estimate of drug-likeness (QED) is 0.529. The Labute approximate surface area is 152 Å². The third-order valence-electron chi connectivity index (χ3n) is 3.42. The van der Waals surface area contributed by atoms with Crippen LogP contribution >= 0.6 is 11.8 Å². The number of benzene rings is 2. The fraction of sp³-hybridized carbons (Fsp3) is 0.118. The van der Waals surface area contributed by atoms with E-state index in [4.69, 9.17) is 0 Å². The number of anilines is 1. The predicted octanol–water partition coefficient (Wildman–Crippen LogP) is 2.73. The summed E-state index contributed by atoms with van der Waals surface area (Å²) in [6.07, 6.45) is 0. The number of nitrogens with zero attached hydrogens (tertiary/aromatic N) is 4. The second-order valence-electron chi connectivity index (χ2n) is 5.30. The highest BCUT2D eigenvalue weighted by atomic mass is 32.2. The first kappa shape index (κ1) is 17.7. The van der Waals surface area contributed by atoms with Crippen molar-refractivity contribution >= 4 is 29.1 Å². The smallest absolute Gasteiger partial charge is 0.234 e. The lowest BCUT2D eigenvalue weighted by atomic mass is 10.1. The van der Waals surface area contributed by atoms with Crippen LogP contribution in [0.2, 0.25) is 0 Å². The Morgan fingerprint density at radius 3 is 2.77 bits per heavy atom. The van der Waals surface area contributed by atoms with Crippen molar-refractivity contribution in [3.63, 3.8) is 0 Å². The number of thioether (sulfide) groups is 1. The molecule has 1 amide bonds. The topological polar surface area (TPSA) is 89.8 Å². The molecule has 0 spiro atoms. The van der Waals surface area contributed by atoms with Crippen molar-refractivity contribution in [2.75, 3.05) is 11.1 Å². The highest BCUT2D eigenvalue weighted by Gasteiger charge is 2.13. The maximum atomic E-state index is 13.6. The molecule has 7 nitrogen and oxygen atoms in total. The van der Waals surface area contributed by atoms with Crippen LogP contribution in [0.1, 0.15) is 17.3 Å². The molecule has 1 aromatic heterocycles. The molecule has 132 valence electrons. The largest absolute Gasteiger partial charge is 0.323 e. The van der Waals surface area contributed by atoms with E-state index >= 15 is 0 Å². The second kappa shape index (κ2) is 7.87. The number of carbonyl (C=O) groups excluding carboxylic acids is 2. The Morgan fingerprint density at radius 1 is 1.19 bits per heavy atom. The Kier molecular flexibility index (Phi) is 5.37. The Morgan fingerprint density at radius 2 is 2.00 bits per heavy atom. The van der Waals surface area contributed by atoms with Crippen LogP contribution in [0.15, 0.2) is 53.7 Å². The Hall–Kier alpha value is -3.07. The SMILES string of the molecule is CC(=O)c1cccc(-n2nnnc2SCC(=O)Nc2ccccc2F)c1. The van der Waals surface area contributed by atoms with Gasteiger partial charge < -0.3 is 5.32 Å². The van der Waals surface area contributed by atoms with E-state index in [0.717, 1.165) is 11.8 Å². The molecular formula is C17H14FN5O2S. The molecule has 0 fully saturated rings. The zero-order valence-electron chi connectivity index (χ0n) is 13.7. The molecule has 1 heterocycles. The zero-order chi connectivity index (χ0) is 18.5. The van der Waals surface area contributed by atoms with Gasteiger partial charge in [-0.3, -0.25) is 9.59 Å². The highest BCUT2D eigenvalue weighted by Crippen LogP contribution is 2.20. The highest BCUT2D eigenvalue weighted by molar-refractivity contribution is 7.99. The molecule has 0 saturated heterocycles. The van der Waals surface area contributed by atoms with Crippen LogP contribution < -0.4 is 5.32 Å². The van der Waals surface area contributed by atoms with Gasteiger partial charge >= 0.3 is 0 Å². The number of rotatable bonds is 6. The number of hydrogen-bond donors (Lipinski definition) is 1. The van der Waals surface area contributed by atoms with Crippen molar-refractivity contribution in [2.45, 2.75) is 12.1 Å². The lowest BCUT2D eigenvalue weighted by molar-refractivity contribution is -0.113. The first-order chi connectivity index (χ1) is 12.5. The lowest BCUT2D eigenvalue weighted by Crippen LogP contribution is -2.15. The summed E-state index contributed by atoms with van der Waals surface area (Å²) < 4.78 is 15.0. The minimum atomic E-state index is -0.503. The van der Waals surface area contributed by atoms with E-state index in [1.165, 1.54) is 23.7 Å². The molecule has 0 unspecified atom stereocenters. The summed E-state index contributed by atoms with van der Waals surface area (Å²) in [5.74, 6) is -0.955. The molecule has 0 aliphatic rings. The van der Waals surface area contributed by atoms with E-state index in [-0.39, 0.29) is 23.1 Å². The van der Waals surface area contributed by atoms with E-state index in [1.807, 2.05) is 0 Å². The molecule has 3 rings (SSSR count). The van der Waals surface area contributed by atoms with Crippen LogP contribution in [0.5, 0.6) is 0 Å². The molecule has 0 bridgehead atoms. The Bertz CT molecular complexity index is 960. The van der Waals surface area contributed by atoms with Crippen LogP contribution in [0.25, 0.3) is 5.69 Å². The first-order valence-electron chi connectivity index (χ1n) is 7.61. The van der Waals surface area contributed by atoms with Gasteiger partial charge in [0.25, 0.3) is 0 Å². The van der Waals surface area contributed by atoms with Gasteiger partial charge in [-0.1, -0.05) is 36.0 Å². The molecule has 1 N–H and O–H groups in total. The van der Waals surface area contributed by atoms with E-state index in [0.29, 0.717) is 16.4 Å². The average Bonchev–Trinajstić information content (AvgIpc) is 3.11. The molecule has 0 saturated carbocycles. The summed E-state index contributed by atoms with van der Waals surface area (Å²) in [5, 5.41) is 14.3. The molecule has 0 aliphatic heterocycles. The summed E-state index contributed by atoms with van der Waals surface area (Å²) in [6, 6.07) is 12.8. The Balaban J connectivity index is 1.70. The summed E-state index contributed by atoms with van der Waals surface area (Å²) in [4.78, 5) is 23.5. The minimum absolute atomic E-state index is 0.00110. The monoisotopic (exact) mass is 371 g/mol. The van der Waals surface area contributed by atoms with Crippen molar-refractivity contribution < 1.29 is 14.0 Å². The molecule has 0 aliphatic carbocycles. The number of carbonyl (C=O) groups is 2. The van der Waals surface area contributed by atoms with Gasteiger partial charge in [0, 0.05) is 5.56 Å². The van der Waals surface area contributed by atoms with Gasteiger partial charge in [0.05, 0.1) is 17.1 Å². The standard InChI is InChI=1S/C17H14FN5O2S/c1-11(24)12-5-4-6-13(9-12)23-17(20-21-22-23)26-10-16(25)19-15-8-3-2-7-14(15)18/h2-9H,10H2,1H3,(H,19,25). The van der Waals surface area contributed by atoms with Gasteiger partial charge in [0.1, 0.15) is 5.82 Å². The van der Waals surface area contributed by atoms with Crippen LogP contribution in [0.4, 0.5) is 10.1 Å². The number of aromatic nitrogens is 4. The number of nitrogens with one attached hydrogen (secondary N) is 1. The van der Waals surface area contributed by atoms with Gasteiger partial charge in [-0.15, -0.1) is 5.10 Å². The van der Waals surface area contributed by atoms with Crippen LogP contribution in [0, 0.1) is 5.82 Å². The summed E-state index contributed by atoms with van der Waals surface area (Å²) in [7, 11) is 0. The fourth-order valence-corrected chi connectivity index (χ4v) is 2.86. The summed E-state index contributed by atoms with van der Waals surface area (Å²) in [6.45, 7) is 1.47. The normalized spacial score (nSPS) is 10.5. The fourth-order valence-electron chi connectivity index (χ4n) is 2.17. The van der Waals surface area contributed by atoms with Crippen LogP contribution in [0.3, 0.4) is 0 Å². The van der Waals surface area contributed by atoms with Gasteiger partial charge in [0.15, 0.2) is 5.78 Å². The number of para-hydroxylation sites is 1. The van der Waals surface area contributed by atoms with Crippen molar-refractivity contribution in [3.05, 3.63) is 59.9 Å². The van der Waals surface area contributed by atoms with Crippen molar-refractivity contribution in [3.8, 4) is 5.69 Å². The molecule has 3 aromatic rings. The van der Waals surface area contributed by atoms with Gasteiger partial charge in [-0.25, -0.2) is 4.39 Å². The van der Waals surface area contributed by atoms with Gasteiger partial charge in [0.2, 0.25) is 11.1 Å². The number of amides is 1. The average molecular weight is 371 g/mol. The minimum Gasteiger partial charge on any atom is -0.323 e. The van der Waals surface area contributed by atoms with Crippen molar-refractivity contribution in [1.82, 2.24) is 20.2 Å². The number of ketones is 1. The predicted molar refractivity (Wildman–Crippen MR) is 94.9 cm³/mol. The molecular weight excluding hydrogens is 357 g/mol. The number of halogens is 1. The molecule has 26 heavy (non-hydrogen) atoms. The maximum absolute atomic E-state index is 13.6.